The molecule has 0 bridgehead atoms. The monoisotopic (exact) mass is 290 g/mol. The van der Waals surface area contributed by atoms with Crippen LogP contribution in [0.15, 0.2) is 23.1 Å². The fraction of sp³-hybridized carbons (Fsp3) is 0.222. The first-order chi connectivity index (χ1) is 8.86. The third-order valence-electron chi connectivity index (χ3n) is 2.12. The summed E-state index contributed by atoms with van der Waals surface area (Å²) in [5, 5.41) is 17.1. The van der Waals surface area contributed by atoms with Gasteiger partial charge >= 0.3 is 11.0 Å². The van der Waals surface area contributed by atoms with Crippen LogP contribution in [-0.4, -0.2) is 43.7 Å². The second-order valence-electron chi connectivity index (χ2n) is 3.27. The van der Waals surface area contributed by atoms with Crippen LogP contribution < -0.4 is 9.75 Å². The minimum Gasteiger partial charge on any atom is -0.768 e. The number of nitrogens with zero attached hydrogens (tertiary/aromatic N) is 2. The molecule has 1 aromatic carbocycles. The van der Waals surface area contributed by atoms with Crippen molar-refractivity contribution in [1.82, 2.24) is 0 Å². The normalized spacial score (nSPS) is 11.7. The van der Waals surface area contributed by atoms with Crippen LogP contribution in [0.1, 0.15) is 0 Å². The molecule has 0 fully saturated rings. The van der Waals surface area contributed by atoms with E-state index in [1.165, 1.54) is 13.2 Å². The molecule has 1 rings (SSSR count). The smallest absolute Gasteiger partial charge is 0.362 e. The molecule has 0 heterocycles. The van der Waals surface area contributed by atoms with E-state index in [1.54, 1.807) is 0 Å². The molecule has 0 aliphatic heterocycles. The van der Waals surface area contributed by atoms with E-state index in [2.05, 4.69) is 0 Å². The topological polar surface area (TPSA) is 130 Å². The number of hydrogen-bond acceptors (Lipinski definition) is 5. The lowest BCUT2D eigenvalue weighted by Gasteiger charge is -2.15. The van der Waals surface area contributed by atoms with Crippen molar-refractivity contribution in [2.24, 2.45) is 0 Å². The Morgan fingerprint density at radius 3 is 2.63 bits per heavy atom. The number of carbonyl (C=O) groups is 1. The predicted octanol–water partition coefficient (Wildman–Crippen LogP) is -0.0927. The Kier molecular flexibility index (Phi) is 4.78. The highest BCUT2D eigenvalue weighted by Crippen LogP contribution is 2.28. The van der Waals surface area contributed by atoms with E-state index < -0.39 is 28.6 Å². The van der Waals surface area contributed by atoms with Gasteiger partial charge in [0.15, 0.2) is 6.54 Å². The average Bonchev–Trinajstić information content (AvgIpc) is 2.34. The first kappa shape index (κ1) is 14.9. The van der Waals surface area contributed by atoms with Gasteiger partial charge in [0.05, 0.1) is 12.0 Å². The largest absolute Gasteiger partial charge is 0.768 e. The van der Waals surface area contributed by atoms with Crippen molar-refractivity contribution in [3.05, 3.63) is 23.1 Å². The van der Waals surface area contributed by atoms with Crippen molar-refractivity contribution in [3.63, 3.8) is 0 Å². The van der Waals surface area contributed by atoms with E-state index in [-0.39, 0.29) is 16.3 Å². The molecule has 104 valence electrons. The lowest BCUT2D eigenvalue weighted by molar-refractivity contribution is -0.798. The summed E-state index contributed by atoms with van der Waals surface area (Å²) in [6.45, 7) is -0.919. The van der Waals surface area contributed by atoms with Crippen molar-refractivity contribution in [2.75, 3.05) is 18.7 Å². The quantitative estimate of drug-likeness (QED) is 0.549. The second-order valence-corrected chi connectivity index (χ2v) is 4.18. The second kappa shape index (κ2) is 6.11. The Bertz CT molecular complexity index is 533. The third-order valence-corrected chi connectivity index (χ3v) is 2.82. The number of benzene rings is 1. The number of hydrazine groups is 1. The summed E-state index contributed by atoms with van der Waals surface area (Å²) in [4.78, 5) is 21.2. The number of ether oxygens (including phenoxy) is 1. The first-order valence-corrected chi connectivity index (χ1v) is 5.87. The van der Waals surface area contributed by atoms with Crippen LogP contribution in [0.4, 0.5) is 5.69 Å². The number of methoxy groups -OCH3 is 1. The molecule has 0 aliphatic carbocycles. The van der Waals surface area contributed by atoms with E-state index in [0.717, 1.165) is 12.1 Å². The maximum Gasteiger partial charge on any atom is 0.362 e. The zero-order valence-corrected chi connectivity index (χ0v) is 10.5. The molecule has 1 aromatic rings. The number of anilines is 1. The van der Waals surface area contributed by atoms with Crippen LogP contribution in [0.5, 0.6) is 5.75 Å². The summed E-state index contributed by atoms with van der Waals surface area (Å²) in [7, 11) is 1.31. The lowest BCUT2D eigenvalue weighted by Crippen LogP contribution is -2.36. The Morgan fingerprint density at radius 2 is 2.21 bits per heavy atom. The lowest BCUT2D eigenvalue weighted by atomic mass is 10.3. The maximum absolute atomic E-state index is 11.0. The van der Waals surface area contributed by atoms with Gasteiger partial charge in [-0.15, -0.1) is 0 Å². The SMILES string of the molecule is COc1ccc(S(=O)[O-])c(N(CC(=O)O)[N+](=O)O)c1. The third kappa shape index (κ3) is 3.63. The van der Waals surface area contributed by atoms with Crippen molar-refractivity contribution >= 4 is 22.7 Å². The maximum atomic E-state index is 11.0. The highest BCUT2D eigenvalue weighted by Gasteiger charge is 2.29. The van der Waals surface area contributed by atoms with E-state index >= 15 is 0 Å². The molecule has 0 spiro atoms. The molecule has 0 aliphatic rings. The van der Waals surface area contributed by atoms with Crippen molar-refractivity contribution in [3.8, 4) is 5.75 Å². The van der Waals surface area contributed by atoms with Gasteiger partial charge in [0.1, 0.15) is 16.3 Å². The molecule has 1 atom stereocenters. The van der Waals surface area contributed by atoms with Crippen LogP contribution in [0.25, 0.3) is 0 Å². The Morgan fingerprint density at radius 1 is 1.58 bits per heavy atom. The summed E-state index contributed by atoms with van der Waals surface area (Å²) in [5.41, 5.74) is -0.312. The molecule has 0 amide bonds. The Hall–Kier alpha value is -2.20. The number of hydrogen-bond donors (Lipinski definition) is 2. The first-order valence-electron chi connectivity index (χ1n) is 4.79. The minimum atomic E-state index is -2.72. The van der Waals surface area contributed by atoms with Gasteiger partial charge in [0.25, 0.3) is 0 Å². The fourth-order valence-corrected chi connectivity index (χ4v) is 1.85. The highest BCUT2D eigenvalue weighted by molar-refractivity contribution is 7.79. The number of carboxylic acids is 1. The zero-order valence-electron chi connectivity index (χ0n) is 9.68. The van der Waals surface area contributed by atoms with Crippen molar-refractivity contribution in [1.29, 1.82) is 0 Å². The van der Waals surface area contributed by atoms with Crippen molar-refractivity contribution < 1.29 is 33.6 Å². The molecule has 0 saturated heterocycles. The summed E-state index contributed by atoms with van der Waals surface area (Å²) >= 11 is -2.72. The molecular formula is C9H10N2O7S. The summed E-state index contributed by atoms with van der Waals surface area (Å²) in [6, 6.07) is 3.56. The molecule has 9 nitrogen and oxygen atoms in total. The molecule has 10 heteroatoms. The molecule has 0 saturated carbocycles. The molecule has 1 unspecified atom stereocenters. The molecular weight excluding hydrogens is 280 g/mol. The van der Waals surface area contributed by atoms with Gasteiger partial charge in [-0.25, -0.2) is 5.21 Å². The Labute approximate surface area is 109 Å². The number of carboxylic acid groups (broad SMARTS) is 1. The summed E-state index contributed by atoms with van der Waals surface area (Å²) < 4.78 is 26.9. The zero-order chi connectivity index (χ0) is 14.6. The van der Waals surface area contributed by atoms with Crippen LogP contribution in [-0.2, 0) is 15.9 Å². The summed E-state index contributed by atoms with van der Waals surface area (Å²) in [5.74, 6) is -1.23. The summed E-state index contributed by atoms with van der Waals surface area (Å²) in [6.07, 6.45) is 0. The number of rotatable bonds is 6. The van der Waals surface area contributed by atoms with Gasteiger partial charge in [-0.1, -0.05) is 0 Å². The molecule has 2 N–H and O–H groups in total. The standard InChI is InChI=1S/C9H10N2O7S/c1-18-6-2-3-8(19(16)17)7(4-6)10(11(14)15)5-9(12)13/h2-4H,5H2,1H3,(H2-,12,13,14,15,16,17). The van der Waals surface area contributed by atoms with Crippen LogP contribution in [0.2, 0.25) is 0 Å². The van der Waals surface area contributed by atoms with E-state index in [9.17, 15) is 18.5 Å². The van der Waals surface area contributed by atoms with Gasteiger partial charge in [-0.2, -0.15) is 0 Å². The number of aliphatic carboxylic acids is 1. The molecule has 19 heavy (non-hydrogen) atoms. The van der Waals surface area contributed by atoms with Crippen LogP contribution in [0.3, 0.4) is 0 Å². The van der Waals surface area contributed by atoms with Gasteiger partial charge in [-0.3, -0.25) is 9.00 Å². The fourth-order valence-electron chi connectivity index (χ4n) is 1.33. The van der Waals surface area contributed by atoms with Gasteiger partial charge in [0, 0.05) is 6.07 Å². The molecule has 0 aromatic heterocycles. The van der Waals surface area contributed by atoms with Crippen LogP contribution >= 0.6 is 0 Å². The minimum absolute atomic E-state index is 0.196. The average molecular weight is 290 g/mol. The van der Waals surface area contributed by atoms with Gasteiger partial charge < -0.3 is 14.4 Å². The van der Waals surface area contributed by atoms with Gasteiger partial charge in [-0.05, 0) is 28.2 Å². The van der Waals surface area contributed by atoms with Crippen molar-refractivity contribution in [2.45, 2.75) is 4.90 Å². The van der Waals surface area contributed by atoms with Crippen LogP contribution in [0, 0.1) is 4.91 Å². The Balaban J connectivity index is 3.36. The molecule has 0 radical (unpaired) electrons. The highest BCUT2D eigenvalue weighted by atomic mass is 32.2. The van der Waals surface area contributed by atoms with E-state index in [1.807, 2.05) is 0 Å². The van der Waals surface area contributed by atoms with Gasteiger partial charge in [0.2, 0.25) is 0 Å². The van der Waals surface area contributed by atoms with E-state index in [0.29, 0.717) is 5.01 Å². The predicted molar refractivity (Wildman–Crippen MR) is 60.6 cm³/mol. The van der Waals surface area contributed by atoms with E-state index in [4.69, 9.17) is 15.1 Å².